The smallest absolute Gasteiger partial charge is 0.255 e. The normalized spacial score (nSPS) is 13.3. The fourth-order valence-corrected chi connectivity index (χ4v) is 3.77. The van der Waals surface area contributed by atoms with E-state index in [9.17, 15) is 4.79 Å². The molecule has 8 heteroatoms. The first-order valence-electron chi connectivity index (χ1n) is 10.6. The number of nitrogens with zero attached hydrogens (tertiary/aromatic N) is 5. The lowest BCUT2D eigenvalue weighted by molar-refractivity contribution is 0.102. The Balaban J connectivity index is 1.27. The molecule has 0 saturated carbocycles. The second-order valence-electron chi connectivity index (χ2n) is 7.81. The summed E-state index contributed by atoms with van der Waals surface area (Å²) >= 11 is 0. The van der Waals surface area contributed by atoms with Crippen molar-refractivity contribution in [2.75, 3.05) is 28.6 Å². The molecule has 160 valence electrons. The lowest BCUT2D eigenvalue weighted by Crippen LogP contribution is -2.21. The van der Waals surface area contributed by atoms with E-state index in [1.165, 1.54) is 12.8 Å². The quantitative estimate of drug-likeness (QED) is 0.491. The molecular formula is C24H23N7O. The Kier molecular flexibility index (Phi) is 5.33. The summed E-state index contributed by atoms with van der Waals surface area (Å²) in [4.78, 5) is 32.6. The Hall–Kier alpha value is -4.07. The van der Waals surface area contributed by atoms with Crippen LogP contribution in [0.1, 0.15) is 28.9 Å². The predicted molar refractivity (Wildman–Crippen MR) is 125 cm³/mol. The van der Waals surface area contributed by atoms with Gasteiger partial charge in [0.15, 0.2) is 0 Å². The molecule has 0 radical (unpaired) electrons. The van der Waals surface area contributed by atoms with E-state index in [1.807, 2.05) is 37.3 Å². The molecule has 1 aliphatic heterocycles. The molecule has 1 fully saturated rings. The van der Waals surface area contributed by atoms with Crippen LogP contribution in [0.3, 0.4) is 0 Å². The monoisotopic (exact) mass is 425 g/mol. The number of amides is 1. The summed E-state index contributed by atoms with van der Waals surface area (Å²) in [6.45, 7) is 3.98. The van der Waals surface area contributed by atoms with Crippen molar-refractivity contribution in [3.63, 3.8) is 0 Å². The number of aryl methyl sites for hydroxylation is 1. The van der Waals surface area contributed by atoms with E-state index in [4.69, 9.17) is 0 Å². The number of aromatic nitrogens is 4. The third-order valence-electron chi connectivity index (χ3n) is 5.38. The van der Waals surface area contributed by atoms with Crippen LogP contribution in [-0.2, 0) is 0 Å². The van der Waals surface area contributed by atoms with Crippen molar-refractivity contribution in [3.05, 3.63) is 72.2 Å². The highest BCUT2D eigenvalue weighted by Gasteiger charge is 2.16. The minimum Gasteiger partial charge on any atom is -0.341 e. The third-order valence-corrected chi connectivity index (χ3v) is 5.38. The van der Waals surface area contributed by atoms with Crippen LogP contribution in [0, 0.1) is 6.92 Å². The first kappa shape index (κ1) is 19.9. The molecular weight excluding hydrogens is 402 g/mol. The number of hydrogen-bond donors (Lipinski definition) is 2. The summed E-state index contributed by atoms with van der Waals surface area (Å²) in [5.41, 5.74) is 4.49. The summed E-state index contributed by atoms with van der Waals surface area (Å²) in [6.07, 6.45) is 5.61. The molecule has 0 atom stereocenters. The first-order valence-corrected chi connectivity index (χ1v) is 10.6. The number of carbonyl (C=O) groups is 1. The second kappa shape index (κ2) is 8.58. The van der Waals surface area contributed by atoms with Gasteiger partial charge in [-0.2, -0.15) is 4.98 Å². The second-order valence-corrected chi connectivity index (χ2v) is 7.81. The van der Waals surface area contributed by atoms with Crippen molar-refractivity contribution in [2.45, 2.75) is 19.8 Å². The third kappa shape index (κ3) is 4.34. The van der Waals surface area contributed by atoms with Gasteiger partial charge in [-0.3, -0.25) is 14.8 Å². The molecule has 2 N–H and O–H groups in total. The summed E-state index contributed by atoms with van der Waals surface area (Å²) in [5.74, 6) is 1.34. The van der Waals surface area contributed by atoms with Crippen LogP contribution < -0.4 is 15.5 Å². The number of hydrogen-bond acceptors (Lipinski definition) is 7. The van der Waals surface area contributed by atoms with Crippen LogP contribution >= 0.6 is 0 Å². The molecule has 0 aliphatic carbocycles. The highest BCUT2D eigenvalue weighted by molar-refractivity contribution is 6.05. The van der Waals surface area contributed by atoms with Crippen LogP contribution in [0.4, 0.5) is 23.1 Å². The van der Waals surface area contributed by atoms with Gasteiger partial charge in [-0.05, 0) is 62.2 Å². The molecule has 1 saturated heterocycles. The fraction of sp³-hybridized carbons (Fsp3) is 0.208. The molecule has 4 aromatic rings. The van der Waals surface area contributed by atoms with Gasteiger partial charge in [-0.1, -0.05) is 0 Å². The van der Waals surface area contributed by atoms with Gasteiger partial charge in [-0.25, -0.2) is 4.98 Å². The van der Waals surface area contributed by atoms with Gasteiger partial charge < -0.3 is 15.5 Å². The number of nitrogens with one attached hydrogen (secondary N) is 2. The van der Waals surface area contributed by atoms with Crippen LogP contribution in [0.25, 0.3) is 11.0 Å². The van der Waals surface area contributed by atoms with Crippen LogP contribution in [0.2, 0.25) is 0 Å². The van der Waals surface area contributed by atoms with E-state index in [1.54, 1.807) is 30.6 Å². The summed E-state index contributed by atoms with van der Waals surface area (Å²) in [5, 5.41) is 6.26. The molecule has 8 nitrogen and oxygen atoms in total. The van der Waals surface area contributed by atoms with Gasteiger partial charge in [0, 0.05) is 54.2 Å². The molecule has 5 rings (SSSR count). The molecule has 1 aliphatic rings. The highest BCUT2D eigenvalue weighted by atomic mass is 16.1. The number of fused-ring (bicyclic) bond motifs is 1. The van der Waals surface area contributed by atoms with E-state index in [-0.39, 0.29) is 5.91 Å². The molecule has 0 spiro atoms. The largest absolute Gasteiger partial charge is 0.341 e. The van der Waals surface area contributed by atoms with Gasteiger partial charge >= 0.3 is 0 Å². The zero-order valence-corrected chi connectivity index (χ0v) is 17.7. The number of benzene rings is 2. The molecule has 0 unspecified atom stereocenters. The highest BCUT2D eigenvalue weighted by Crippen LogP contribution is 2.22. The van der Waals surface area contributed by atoms with Gasteiger partial charge in [-0.15, -0.1) is 0 Å². The predicted octanol–water partition coefficient (Wildman–Crippen LogP) is 4.32. The average Bonchev–Trinajstić information content (AvgIpc) is 3.35. The summed E-state index contributed by atoms with van der Waals surface area (Å²) < 4.78 is 0. The fourth-order valence-electron chi connectivity index (χ4n) is 3.77. The maximum Gasteiger partial charge on any atom is 0.255 e. The summed E-state index contributed by atoms with van der Waals surface area (Å²) in [7, 11) is 0. The molecule has 32 heavy (non-hydrogen) atoms. The Labute approximate surface area is 185 Å². The Morgan fingerprint density at radius 1 is 0.875 bits per heavy atom. The van der Waals surface area contributed by atoms with E-state index < -0.39 is 0 Å². The van der Waals surface area contributed by atoms with Gasteiger partial charge in [0.05, 0.1) is 11.0 Å². The molecule has 2 aromatic carbocycles. The van der Waals surface area contributed by atoms with Crippen LogP contribution in [0.15, 0.2) is 60.9 Å². The standard InChI is InChI=1S/C24H23N7O/c1-16-14-22(30-24(27-16)31-12-2-3-13-31)28-18-5-7-19(8-6-18)29-23(32)17-4-9-20-21(15-17)26-11-10-25-20/h4-11,14-15H,2-3,12-13H2,1H3,(H,29,32)(H,27,28,30). The van der Waals surface area contributed by atoms with Crippen molar-refractivity contribution in [3.8, 4) is 0 Å². The van der Waals surface area contributed by atoms with Crippen molar-refractivity contribution in [2.24, 2.45) is 0 Å². The number of carbonyl (C=O) groups excluding carboxylic acids is 1. The Morgan fingerprint density at radius 3 is 2.38 bits per heavy atom. The Bertz CT molecular complexity index is 1270. The van der Waals surface area contributed by atoms with Crippen LogP contribution in [0.5, 0.6) is 0 Å². The average molecular weight is 425 g/mol. The number of anilines is 4. The first-order chi connectivity index (χ1) is 15.6. The van der Waals surface area contributed by atoms with Crippen molar-refractivity contribution in [1.29, 1.82) is 0 Å². The van der Waals surface area contributed by atoms with Gasteiger partial charge in [0.2, 0.25) is 5.95 Å². The maximum atomic E-state index is 12.6. The SMILES string of the molecule is Cc1cc(Nc2ccc(NC(=O)c3ccc4nccnc4c3)cc2)nc(N2CCCC2)n1. The maximum absolute atomic E-state index is 12.6. The zero-order valence-electron chi connectivity index (χ0n) is 17.7. The molecule has 1 amide bonds. The minimum absolute atomic E-state index is 0.194. The van der Waals surface area contributed by atoms with Crippen molar-refractivity contribution < 1.29 is 4.79 Å². The molecule has 2 aromatic heterocycles. The van der Waals surface area contributed by atoms with Gasteiger partial charge in [0.25, 0.3) is 5.91 Å². The topological polar surface area (TPSA) is 95.9 Å². The van der Waals surface area contributed by atoms with E-state index >= 15 is 0 Å². The van der Waals surface area contributed by atoms with Crippen LogP contribution in [-0.4, -0.2) is 38.9 Å². The summed E-state index contributed by atoms with van der Waals surface area (Å²) in [6, 6.07) is 14.7. The van der Waals surface area contributed by atoms with Gasteiger partial charge in [0.1, 0.15) is 5.82 Å². The van der Waals surface area contributed by atoms with Crippen molar-refractivity contribution >= 4 is 40.1 Å². The Morgan fingerprint density at radius 2 is 1.59 bits per heavy atom. The lowest BCUT2D eigenvalue weighted by atomic mass is 10.1. The van der Waals surface area contributed by atoms with E-state index in [0.29, 0.717) is 16.8 Å². The minimum atomic E-state index is -0.194. The zero-order chi connectivity index (χ0) is 21.9. The van der Waals surface area contributed by atoms with E-state index in [2.05, 4.69) is 35.5 Å². The molecule has 0 bridgehead atoms. The van der Waals surface area contributed by atoms with E-state index in [0.717, 1.165) is 41.8 Å². The lowest BCUT2D eigenvalue weighted by Gasteiger charge is -2.17. The molecule has 3 heterocycles. The number of rotatable bonds is 5. The van der Waals surface area contributed by atoms with Crippen molar-refractivity contribution in [1.82, 2.24) is 19.9 Å².